The Kier molecular flexibility index (Phi) is 6.22. The van der Waals surface area contributed by atoms with Crippen molar-refractivity contribution in [2.75, 3.05) is 6.54 Å². The van der Waals surface area contributed by atoms with Gasteiger partial charge in [-0.25, -0.2) is 4.98 Å². The Bertz CT molecular complexity index is 451. The molecule has 1 aromatic carbocycles. The Morgan fingerprint density at radius 1 is 1.35 bits per heavy atom. The first kappa shape index (κ1) is 14.2. The van der Waals surface area contributed by atoms with Crippen molar-refractivity contribution in [1.82, 2.24) is 15.3 Å². The van der Waals surface area contributed by atoms with E-state index in [0.29, 0.717) is 0 Å². The summed E-state index contributed by atoms with van der Waals surface area (Å²) >= 11 is 3.44. The molecule has 2 N–H and O–H groups in total. The molecule has 0 saturated heterocycles. The Balaban J connectivity index is 0.000000686. The second-order valence-corrected chi connectivity index (χ2v) is 4.44. The van der Waals surface area contributed by atoms with Gasteiger partial charge in [-0.2, -0.15) is 0 Å². The Morgan fingerprint density at radius 2 is 2.12 bits per heavy atom. The first-order valence-corrected chi connectivity index (χ1v) is 6.93. The Labute approximate surface area is 111 Å². The van der Waals surface area contributed by atoms with Crippen molar-refractivity contribution in [1.29, 1.82) is 0 Å². The minimum absolute atomic E-state index is 0.806. The highest BCUT2D eigenvalue weighted by Gasteiger charge is 2.01. The van der Waals surface area contributed by atoms with Crippen LogP contribution in [-0.2, 0) is 6.54 Å². The third-order valence-corrected chi connectivity index (χ3v) is 2.71. The van der Waals surface area contributed by atoms with Gasteiger partial charge in [-0.3, -0.25) is 0 Å². The molecule has 0 aliphatic rings. The smallest absolute Gasteiger partial charge is 0.121 e. The molecule has 0 saturated carbocycles. The van der Waals surface area contributed by atoms with Crippen LogP contribution in [0.25, 0.3) is 11.0 Å². The molecule has 0 unspecified atom stereocenters. The van der Waals surface area contributed by atoms with Crippen LogP contribution in [0.1, 0.15) is 33.0 Å². The molecule has 0 aliphatic heterocycles. The summed E-state index contributed by atoms with van der Waals surface area (Å²) in [5.41, 5.74) is 2.10. The lowest BCUT2D eigenvalue weighted by Crippen LogP contribution is -2.14. The van der Waals surface area contributed by atoms with Crippen molar-refractivity contribution in [2.24, 2.45) is 0 Å². The van der Waals surface area contributed by atoms with Gasteiger partial charge in [0.15, 0.2) is 0 Å². The van der Waals surface area contributed by atoms with E-state index in [1.54, 1.807) is 0 Å². The van der Waals surface area contributed by atoms with Gasteiger partial charge in [-0.15, -0.1) is 0 Å². The van der Waals surface area contributed by atoms with E-state index < -0.39 is 0 Å². The summed E-state index contributed by atoms with van der Waals surface area (Å²) in [6.45, 7) is 7.99. The number of nitrogens with one attached hydrogen (secondary N) is 2. The molecule has 4 heteroatoms. The van der Waals surface area contributed by atoms with Crippen LogP contribution in [0.3, 0.4) is 0 Å². The lowest BCUT2D eigenvalue weighted by Gasteiger charge is -1.97. The lowest BCUT2D eigenvalue weighted by atomic mass is 10.3. The molecule has 2 rings (SSSR count). The average molecular weight is 298 g/mol. The van der Waals surface area contributed by atoms with E-state index in [1.807, 2.05) is 32.0 Å². The average Bonchev–Trinajstić information content (AvgIpc) is 2.74. The highest BCUT2D eigenvalue weighted by Crippen LogP contribution is 2.17. The van der Waals surface area contributed by atoms with Gasteiger partial charge in [0.05, 0.1) is 17.6 Å². The number of benzene rings is 1. The molecular weight excluding hydrogens is 278 g/mol. The van der Waals surface area contributed by atoms with E-state index in [9.17, 15) is 0 Å². The number of H-pyrrole nitrogens is 1. The van der Waals surface area contributed by atoms with Gasteiger partial charge in [0.25, 0.3) is 0 Å². The van der Waals surface area contributed by atoms with Crippen LogP contribution in [0.5, 0.6) is 0 Å². The number of imidazole rings is 1. The fourth-order valence-corrected chi connectivity index (χ4v) is 1.86. The summed E-state index contributed by atoms with van der Waals surface area (Å²) in [5.74, 6) is 0.997. The first-order valence-electron chi connectivity index (χ1n) is 6.14. The van der Waals surface area contributed by atoms with Crippen LogP contribution in [0.4, 0.5) is 0 Å². The highest BCUT2D eigenvalue weighted by atomic mass is 79.9. The van der Waals surface area contributed by atoms with E-state index in [0.717, 1.165) is 40.8 Å². The van der Waals surface area contributed by atoms with Crippen LogP contribution in [0.15, 0.2) is 22.7 Å². The van der Waals surface area contributed by atoms with Crippen LogP contribution < -0.4 is 5.32 Å². The van der Waals surface area contributed by atoms with Crippen LogP contribution in [-0.4, -0.2) is 16.5 Å². The summed E-state index contributed by atoms with van der Waals surface area (Å²) in [5, 5.41) is 3.32. The highest BCUT2D eigenvalue weighted by molar-refractivity contribution is 9.10. The second kappa shape index (κ2) is 7.45. The van der Waals surface area contributed by atoms with Gasteiger partial charge >= 0.3 is 0 Å². The normalized spacial score (nSPS) is 10.1. The van der Waals surface area contributed by atoms with E-state index in [4.69, 9.17) is 0 Å². The number of hydrogen-bond donors (Lipinski definition) is 2. The van der Waals surface area contributed by atoms with Crippen molar-refractivity contribution in [3.05, 3.63) is 28.5 Å². The maximum atomic E-state index is 4.49. The molecule has 17 heavy (non-hydrogen) atoms. The minimum Gasteiger partial charge on any atom is -0.341 e. The summed E-state index contributed by atoms with van der Waals surface area (Å²) in [6.07, 6.45) is 1.14. The third-order valence-electron chi connectivity index (χ3n) is 2.21. The van der Waals surface area contributed by atoms with E-state index >= 15 is 0 Å². The van der Waals surface area contributed by atoms with Gasteiger partial charge in [0, 0.05) is 4.47 Å². The molecule has 3 nitrogen and oxygen atoms in total. The molecule has 0 bridgehead atoms. The maximum Gasteiger partial charge on any atom is 0.121 e. The first-order chi connectivity index (χ1) is 8.29. The molecule has 0 spiro atoms. The number of halogens is 1. The molecular formula is C13H20BrN3. The number of aromatic nitrogens is 2. The third kappa shape index (κ3) is 4.13. The fraction of sp³-hybridized carbons (Fsp3) is 0.462. The predicted octanol–water partition coefficient (Wildman–Crippen LogP) is 3.85. The zero-order chi connectivity index (χ0) is 12.7. The minimum atomic E-state index is 0.806. The van der Waals surface area contributed by atoms with Crippen molar-refractivity contribution in [3.63, 3.8) is 0 Å². The van der Waals surface area contributed by atoms with Crippen LogP contribution in [0, 0.1) is 0 Å². The van der Waals surface area contributed by atoms with Crippen molar-refractivity contribution in [2.45, 2.75) is 33.7 Å². The van der Waals surface area contributed by atoms with Gasteiger partial charge in [0.2, 0.25) is 0 Å². The molecule has 1 heterocycles. The van der Waals surface area contributed by atoms with Gasteiger partial charge < -0.3 is 10.3 Å². The summed E-state index contributed by atoms with van der Waals surface area (Å²) in [7, 11) is 0. The topological polar surface area (TPSA) is 40.7 Å². The predicted molar refractivity (Wildman–Crippen MR) is 77.1 cm³/mol. The number of aromatic amines is 1. The van der Waals surface area contributed by atoms with Gasteiger partial charge in [0.1, 0.15) is 5.82 Å². The van der Waals surface area contributed by atoms with Crippen molar-refractivity contribution >= 4 is 27.0 Å². The Hall–Kier alpha value is -0.870. The molecule has 94 valence electrons. The van der Waals surface area contributed by atoms with Gasteiger partial charge in [-0.05, 0) is 31.2 Å². The van der Waals surface area contributed by atoms with Crippen LogP contribution >= 0.6 is 15.9 Å². The van der Waals surface area contributed by atoms with Crippen molar-refractivity contribution < 1.29 is 0 Å². The van der Waals surface area contributed by atoms with E-state index in [-0.39, 0.29) is 0 Å². The quantitative estimate of drug-likeness (QED) is 0.842. The SMILES string of the molecule is CC.CCCNCc1nc2ccc(Br)cc2[nH]1. The summed E-state index contributed by atoms with van der Waals surface area (Å²) in [4.78, 5) is 7.78. The molecule has 0 aliphatic carbocycles. The molecule has 1 aromatic heterocycles. The zero-order valence-electron chi connectivity index (χ0n) is 10.7. The van der Waals surface area contributed by atoms with Gasteiger partial charge in [-0.1, -0.05) is 36.7 Å². The molecule has 0 atom stereocenters. The second-order valence-electron chi connectivity index (χ2n) is 3.52. The Morgan fingerprint density at radius 3 is 2.82 bits per heavy atom. The zero-order valence-corrected chi connectivity index (χ0v) is 12.3. The summed E-state index contributed by atoms with van der Waals surface area (Å²) < 4.78 is 1.08. The van der Waals surface area contributed by atoms with E-state index in [2.05, 4.69) is 38.1 Å². The monoisotopic (exact) mass is 297 g/mol. The largest absolute Gasteiger partial charge is 0.341 e. The van der Waals surface area contributed by atoms with Crippen molar-refractivity contribution in [3.8, 4) is 0 Å². The summed E-state index contributed by atoms with van der Waals surface area (Å²) in [6, 6.07) is 6.07. The maximum absolute atomic E-state index is 4.49. The molecule has 0 amide bonds. The number of hydrogen-bond acceptors (Lipinski definition) is 2. The molecule has 0 radical (unpaired) electrons. The number of nitrogens with zero attached hydrogens (tertiary/aromatic N) is 1. The standard InChI is InChI=1S/C11H14BrN3.C2H6/c1-2-5-13-7-11-14-9-4-3-8(12)6-10(9)15-11;1-2/h3-4,6,13H,2,5,7H2,1H3,(H,14,15);1-2H3. The number of fused-ring (bicyclic) bond motifs is 1. The fourth-order valence-electron chi connectivity index (χ4n) is 1.50. The van der Waals surface area contributed by atoms with E-state index in [1.165, 1.54) is 0 Å². The van der Waals surface area contributed by atoms with Crippen LogP contribution in [0.2, 0.25) is 0 Å². The molecule has 2 aromatic rings. The lowest BCUT2D eigenvalue weighted by molar-refractivity contribution is 0.656. The number of rotatable bonds is 4. The molecule has 0 fully saturated rings.